The summed E-state index contributed by atoms with van der Waals surface area (Å²) in [4.78, 5) is 11.6. The van der Waals surface area contributed by atoms with E-state index >= 15 is 0 Å². The van der Waals surface area contributed by atoms with Gasteiger partial charge in [-0.15, -0.1) is 0 Å². The smallest absolute Gasteiger partial charge is 0.224 e. The maximum Gasteiger partial charge on any atom is 0.224 e. The van der Waals surface area contributed by atoms with Gasteiger partial charge < -0.3 is 10.6 Å². The first kappa shape index (κ1) is 15.1. The Morgan fingerprint density at radius 2 is 2.21 bits per heavy atom. The van der Waals surface area contributed by atoms with Crippen molar-refractivity contribution in [2.24, 2.45) is 0 Å². The largest absolute Gasteiger partial charge is 0.324 e. The van der Waals surface area contributed by atoms with Crippen molar-refractivity contribution < 1.29 is 9.18 Å². The lowest BCUT2D eigenvalue weighted by atomic mass is 10.2. The summed E-state index contributed by atoms with van der Waals surface area (Å²) < 4.78 is 13.5. The highest BCUT2D eigenvalue weighted by Crippen LogP contribution is 2.15. The van der Waals surface area contributed by atoms with E-state index in [-0.39, 0.29) is 17.2 Å². The molecule has 0 bridgehead atoms. The van der Waals surface area contributed by atoms with Gasteiger partial charge in [0.15, 0.2) is 0 Å². The fourth-order valence-corrected chi connectivity index (χ4v) is 1.54. The number of nitrogens with zero attached hydrogens (tertiary/aromatic N) is 1. The van der Waals surface area contributed by atoms with Crippen LogP contribution in [0.3, 0.4) is 0 Å². The number of hydrogen-bond donors (Lipinski definition) is 2. The van der Waals surface area contributed by atoms with Crippen molar-refractivity contribution in [3.05, 3.63) is 29.6 Å². The monoisotopic (exact) mass is 263 g/mol. The zero-order chi connectivity index (χ0) is 14.3. The summed E-state index contributed by atoms with van der Waals surface area (Å²) in [6.45, 7) is 4.82. The predicted octanol–water partition coefficient (Wildman–Crippen LogP) is 2.41. The van der Waals surface area contributed by atoms with Crippen LogP contribution < -0.4 is 10.6 Å². The molecule has 0 heterocycles. The Morgan fingerprint density at radius 1 is 1.47 bits per heavy atom. The Bertz CT molecular complexity index is 480. The molecule has 0 aliphatic carbocycles. The fourth-order valence-electron chi connectivity index (χ4n) is 1.54. The van der Waals surface area contributed by atoms with Crippen LogP contribution >= 0.6 is 0 Å². The highest BCUT2D eigenvalue weighted by Gasteiger charge is 2.07. The van der Waals surface area contributed by atoms with E-state index in [2.05, 4.69) is 10.6 Å². The van der Waals surface area contributed by atoms with E-state index in [9.17, 15) is 9.18 Å². The van der Waals surface area contributed by atoms with Crippen molar-refractivity contribution in [3.8, 4) is 6.07 Å². The third-order valence-corrected chi connectivity index (χ3v) is 2.51. The van der Waals surface area contributed by atoms with Crippen LogP contribution in [0.4, 0.5) is 10.1 Å². The minimum Gasteiger partial charge on any atom is -0.324 e. The summed E-state index contributed by atoms with van der Waals surface area (Å²) in [5.74, 6) is -0.818. The van der Waals surface area contributed by atoms with Crippen molar-refractivity contribution in [3.63, 3.8) is 0 Å². The molecular formula is C14H18FN3O. The summed E-state index contributed by atoms with van der Waals surface area (Å²) in [6, 6.07) is 6.21. The van der Waals surface area contributed by atoms with Crippen LogP contribution in [0.15, 0.2) is 18.2 Å². The maximum atomic E-state index is 13.5. The van der Waals surface area contributed by atoms with E-state index < -0.39 is 5.82 Å². The number of carbonyl (C=O) groups excluding carboxylic acids is 1. The number of nitriles is 1. The summed E-state index contributed by atoms with van der Waals surface area (Å²) in [7, 11) is 0. The highest BCUT2D eigenvalue weighted by atomic mass is 19.1. The molecule has 19 heavy (non-hydrogen) atoms. The molecule has 0 atom stereocenters. The number of benzene rings is 1. The van der Waals surface area contributed by atoms with Gasteiger partial charge in [0.1, 0.15) is 5.82 Å². The van der Waals surface area contributed by atoms with Crippen LogP contribution in [0.5, 0.6) is 0 Å². The number of hydrogen-bond acceptors (Lipinski definition) is 3. The predicted molar refractivity (Wildman–Crippen MR) is 72.1 cm³/mol. The topological polar surface area (TPSA) is 64.9 Å². The quantitative estimate of drug-likeness (QED) is 0.775. The fraction of sp³-hybridized carbons (Fsp3) is 0.429. The Balaban J connectivity index is 2.42. The lowest BCUT2D eigenvalue weighted by Crippen LogP contribution is -2.24. The number of nitrogens with one attached hydrogen (secondary N) is 2. The van der Waals surface area contributed by atoms with E-state index in [1.54, 1.807) is 0 Å². The van der Waals surface area contributed by atoms with Gasteiger partial charge in [0.05, 0.1) is 17.3 Å². The molecule has 0 radical (unpaired) electrons. The molecule has 0 aliphatic heterocycles. The number of rotatable bonds is 6. The van der Waals surface area contributed by atoms with E-state index in [0.717, 1.165) is 12.6 Å². The molecule has 102 valence electrons. The summed E-state index contributed by atoms with van der Waals surface area (Å²) >= 11 is 0. The van der Waals surface area contributed by atoms with Crippen molar-refractivity contribution in [2.45, 2.75) is 32.7 Å². The van der Waals surface area contributed by atoms with Crippen molar-refractivity contribution >= 4 is 11.6 Å². The molecule has 4 nitrogen and oxygen atoms in total. The van der Waals surface area contributed by atoms with E-state index in [0.29, 0.717) is 18.9 Å². The second kappa shape index (κ2) is 7.49. The Morgan fingerprint density at radius 3 is 2.79 bits per heavy atom. The minimum absolute atomic E-state index is 0.112. The molecule has 0 unspecified atom stereocenters. The first-order valence-corrected chi connectivity index (χ1v) is 6.26. The van der Waals surface area contributed by atoms with Crippen LogP contribution in [0.2, 0.25) is 0 Å². The molecule has 0 fully saturated rings. The van der Waals surface area contributed by atoms with Gasteiger partial charge in [0.25, 0.3) is 0 Å². The van der Waals surface area contributed by atoms with E-state index in [1.807, 2.05) is 19.9 Å². The molecule has 1 rings (SSSR count). The molecule has 2 N–H and O–H groups in total. The van der Waals surface area contributed by atoms with Crippen LogP contribution in [0, 0.1) is 17.1 Å². The molecule has 0 aliphatic rings. The zero-order valence-corrected chi connectivity index (χ0v) is 11.2. The summed E-state index contributed by atoms with van der Waals surface area (Å²) in [6.07, 6.45) is 1.03. The lowest BCUT2D eigenvalue weighted by Gasteiger charge is -2.08. The van der Waals surface area contributed by atoms with Gasteiger partial charge in [-0.1, -0.05) is 13.8 Å². The summed E-state index contributed by atoms with van der Waals surface area (Å²) in [5.41, 5.74) is 0.345. The normalized spacial score (nSPS) is 10.3. The number of amides is 1. The van der Waals surface area contributed by atoms with E-state index in [4.69, 9.17) is 5.26 Å². The van der Waals surface area contributed by atoms with Gasteiger partial charge in [0.2, 0.25) is 5.91 Å². The molecule has 1 aromatic rings. The highest BCUT2D eigenvalue weighted by molar-refractivity contribution is 5.90. The molecule has 1 aromatic carbocycles. The average Bonchev–Trinajstić information content (AvgIpc) is 2.37. The maximum absolute atomic E-state index is 13.5. The van der Waals surface area contributed by atoms with Gasteiger partial charge in [-0.05, 0) is 31.2 Å². The second-order valence-electron chi connectivity index (χ2n) is 4.57. The van der Waals surface area contributed by atoms with Crippen molar-refractivity contribution in [2.75, 3.05) is 11.9 Å². The van der Waals surface area contributed by atoms with Gasteiger partial charge in [0, 0.05) is 12.5 Å². The average molecular weight is 263 g/mol. The Hall–Kier alpha value is -1.93. The van der Waals surface area contributed by atoms with Crippen LogP contribution in [-0.2, 0) is 4.79 Å². The number of halogens is 1. The third-order valence-electron chi connectivity index (χ3n) is 2.51. The molecule has 0 saturated carbocycles. The van der Waals surface area contributed by atoms with E-state index in [1.165, 1.54) is 12.1 Å². The second-order valence-corrected chi connectivity index (χ2v) is 4.57. The first-order chi connectivity index (χ1) is 9.02. The van der Waals surface area contributed by atoms with Crippen LogP contribution in [0.25, 0.3) is 0 Å². The molecule has 0 saturated heterocycles. The third kappa shape index (κ3) is 5.49. The van der Waals surface area contributed by atoms with Crippen LogP contribution in [0.1, 0.15) is 32.3 Å². The van der Waals surface area contributed by atoms with Gasteiger partial charge in [-0.25, -0.2) is 4.39 Å². The zero-order valence-electron chi connectivity index (χ0n) is 11.2. The molecule has 5 heteroatoms. The summed E-state index contributed by atoms with van der Waals surface area (Å²) in [5, 5.41) is 14.3. The lowest BCUT2D eigenvalue weighted by molar-refractivity contribution is -0.116. The molecule has 1 amide bonds. The minimum atomic E-state index is -0.590. The van der Waals surface area contributed by atoms with Crippen LogP contribution in [-0.4, -0.2) is 18.5 Å². The number of anilines is 1. The van der Waals surface area contributed by atoms with Gasteiger partial charge >= 0.3 is 0 Å². The van der Waals surface area contributed by atoms with Crippen molar-refractivity contribution in [1.29, 1.82) is 5.26 Å². The SMILES string of the molecule is CC(C)NCCCC(=O)Nc1ccc(C#N)cc1F. The standard InChI is InChI=1S/C14H18FN3O/c1-10(2)17-7-3-4-14(19)18-13-6-5-11(9-16)8-12(13)15/h5-6,8,10,17H,3-4,7H2,1-2H3,(H,18,19). The van der Waals surface area contributed by atoms with Crippen molar-refractivity contribution in [1.82, 2.24) is 5.32 Å². The molecular weight excluding hydrogens is 245 g/mol. The first-order valence-electron chi connectivity index (χ1n) is 6.26. The Labute approximate surface area is 112 Å². The molecule has 0 aromatic heterocycles. The number of carbonyl (C=O) groups is 1. The molecule has 0 spiro atoms. The van der Waals surface area contributed by atoms with Gasteiger partial charge in [-0.2, -0.15) is 5.26 Å². The Kier molecular flexibility index (Phi) is 5.97. The van der Waals surface area contributed by atoms with Gasteiger partial charge in [-0.3, -0.25) is 4.79 Å².